The first kappa shape index (κ1) is 35.3. The minimum Gasteiger partial charge on any atom is -0.381 e. The van der Waals surface area contributed by atoms with Crippen LogP contribution in [0.3, 0.4) is 0 Å². The summed E-state index contributed by atoms with van der Waals surface area (Å²) in [5, 5.41) is 0. The molecule has 0 bridgehead atoms. The summed E-state index contributed by atoms with van der Waals surface area (Å²) in [5.74, 6) is -0.885. The van der Waals surface area contributed by atoms with Crippen LogP contribution >= 0.6 is 0 Å². The highest BCUT2D eigenvalue weighted by atomic mass is 19.3. The van der Waals surface area contributed by atoms with Crippen LogP contribution in [-0.4, -0.2) is 44.1 Å². The van der Waals surface area contributed by atoms with Gasteiger partial charge in [-0.25, -0.2) is 8.78 Å². The minimum atomic E-state index is -2.56. The van der Waals surface area contributed by atoms with Crippen LogP contribution in [0.2, 0.25) is 0 Å². The maximum absolute atomic E-state index is 12.3. The second-order valence-electron chi connectivity index (χ2n) is 8.17. The smallest absolute Gasteiger partial charge is 0.271 e. The van der Waals surface area contributed by atoms with Crippen LogP contribution < -0.4 is 0 Å². The van der Waals surface area contributed by atoms with Gasteiger partial charge in [-0.2, -0.15) is 0 Å². The molecule has 3 saturated heterocycles. The molecule has 3 fully saturated rings. The van der Waals surface area contributed by atoms with E-state index in [0.717, 1.165) is 25.0 Å². The predicted octanol–water partition coefficient (Wildman–Crippen LogP) is 8.54. The SMILES string of the molecule is CC.CC.CC.CC1CC(C)OC(C)C1.CC1CCC(F)(F)CO1.CC1CCCOC1. The Morgan fingerprint density at radius 3 is 1.48 bits per heavy atom. The summed E-state index contributed by atoms with van der Waals surface area (Å²) in [6, 6.07) is 0. The summed E-state index contributed by atoms with van der Waals surface area (Å²) in [6.45, 7) is 24.3. The van der Waals surface area contributed by atoms with Crippen molar-refractivity contribution in [3.8, 4) is 0 Å². The predicted molar refractivity (Wildman–Crippen MR) is 131 cm³/mol. The van der Waals surface area contributed by atoms with Gasteiger partial charge in [0.1, 0.15) is 6.61 Å². The minimum absolute atomic E-state index is 0.0182. The maximum atomic E-state index is 12.3. The summed E-state index contributed by atoms with van der Waals surface area (Å²) in [7, 11) is 0. The van der Waals surface area contributed by atoms with E-state index in [9.17, 15) is 8.78 Å². The Kier molecular flexibility index (Phi) is 26.1. The zero-order valence-corrected chi connectivity index (χ0v) is 22.7. The molecular weight excluding hydrogens is 398 g/mol. The van der Waals surface area contributed by atoms with Crippen LogP contribution in [-0.2, 0) is 14.2 Å². The molecule has 0 aromatic rings. The summed E-state index contributed by atoms with van der Waals surface area (Å²) in [6.07, 6.45) is 6.56. The standard InChI is InChI=1S/C8H16O.C6H10F2O.C6H12O.3C2H6/c1-6-4-7(2)9-8(3)5-6;1-5-2-3-6(7,8)4-9-5;1-6-3-2-4-7-5-6;3*1-2/h6-8H,4-5H2,1-3H3;5H,2-4H2,1H3;6H,2-5H2,1H3;3*1-2H3. The van der Waals surface area contributed by atoms with E-state index in [1.54, 1.807) is 0 Å². The third kappa shape index (κ3) is 22.7. The fourth-order valence-corrected chi connectivity index (χ4v) is 3.47. The van der Waals surface area contributed by atoms with Crippen LogP contribution in [0.15, 0.2) is 0 Å². The quantitative estimate of drug-likeness (QED) is 0.367. The summed E-state index contributed by atoms with van der Waals surface area (Å²) >= 11 is 0. The summed E-state index contributed by atoms with van der Waals surface area (Å²) < 4.78 is 40.0. The Bertz CT molecular complexity index is 313. The zero-order valence-electron chi connectivity index (χ0n) is 22.7. The van der Waals surface area contributed by atoms with E-state index < -0.39 is 12.5 Å². The van der Waals surface area contributed by atoms with Crippen LogP contribution in [0.5, 0.6) is 0 Å². The van der Waals surface area contributed by atoms with Gasteiger partial charge in [0, 0.05) is 19.6 Å². The van der Waals surface area contributed by atoms with Gasteiger partial charge in [0.2, 0.25) is 0 Å². The lowest BCUT2D eigenvalue weighted by molar-refractivity contribution is -0.138. The van der Waals surface area contributed by atoms with Crippen molar-refractivity contribution in [3.63, 3.8) is 0 Å². The normalized spacial score (nSPS) is 31.1. The van der Waals surface area contributed by atoms with Gasteiger partial charge >= 0.3 is 0 Å². The van der Waals surface area contributed by atoms with Crippen molar-refractivity contribution in [2.24, 2.45) is 11.8 Å². The van der Waals surface area contributed by atoms with Crippen LogP contribution in [0.4, 0.5) is 8.78 Å². The van der Waals surface area contributed by atoms with Gasteiger partial charge in [0.05, 0.1) is 18.3 Å². The molecule has 0 aliphatic carbocycles. The molecule has 0 aromatic carbocycles. The highest BCUT2D eigenvalue weighted by molar-refractivity contribution is 4.72. The third-order valence-corrected chi connectivity index (χ3v) is 4.82. The molecule has 0 radical (unpaired) electrons. The number of ether oxygens (including phenoxy) is 3. The number of hydrogen-bond donors (Lipinski definition) is 0. The molecule has 4 atom stereocenters. The molecule has 0 amide bonds. The Morgan fingerprint density at radius 2 is 1.23 bits per heavy atom. The second kappa shape index (κ2) is 22.9. The Balaban J connectivity index is -0.000000340. The van der Waals surface area contributed by atoms with E-state index in [4.69, 9.17) is 14.2 Å². The van der Waals surface area contributed by atoms with E-state index >= 15 is 0 Å². The topological polar surface area (TPSA) is 27.7 Å². The first-order valence-corrected chi connectivity index (χ1v) is 12.9. The van der Waals surface area contributed by atoms with E-state index in [0.29, 0.717) is 18.6 Å². The van der Waals surface area contributed by atoms with Gasteiger partial charge in [0.25, 0.3) is 5.92 Å². The average Bonchev–Trinajstić information content (AvgIpc) is 2.75. The van der Waals surface area contributed by atoms with E-state index in [1.165, 1.54) is 25.7 Å². The molecule has 5 heteroatoms. The molecule has 3 aliphatic rings. The molecule has 31 heavy (non-hydrogen) atoms. The van der Waals surface area contributed by atoms with Gasteiger partial charge in [-0.05, 0) is 64.7 Å². The van der Waals surface area contributed by atoms with Crippen molar-refractivity contribution < 1.29 is 23.0 Å². The maximum Gasteiger partial charge on any atom is 0.271 e. The molecule has 3 nitrogen and oxygen atoms in total. The first-order chi connectivity index (χ1) is 14.7. The van der Waals surface area contributed by atoms with Crippen LogP contribution in [0, 0.1) is 11.8 Å². The molecule has 0 aromatic heterocycles. The second-order valence-corrected chi connectivity index (χ2v) is 8.17. The van der Waals surface area contributed by atoms with Crippen molar-refractivity contribution in [2.45, 2.75) is 139 Å². The first-order valence-electron chi connectivity index (χ1n) is 12.9. The largest absolute Gasteiger partial charge is 0.381 e. The van der Waals surface area contributed by atoms with Gasteiger partial charge in [-0.15, -0.1) is 0 Å². The summed E-state index contributed by atoms with van der Waals surface area (Å²) in [5.41, 5.74) is 0. The molecule has 3 aliphatic heterocycles. The molecule has 0 spiro atoms. The highest BCUT2D eigenvalue weighted by Crippen LogP contribution is 2.27. The lowest BCUT2D eigenvalue weighted by atomic mass is 9.95. The average molecular weight is 455 g/mol. The van der Waals surface area contributed by atoms with E-state index in [-0.39, 0.29) is 12.5 Å². The number of rotatable bonds is 0. The zero-order chi connectivity index (χ0) is 24.9. The van der Waals surface area contributed by atoms with Crippen molar-refractivity contribution in [1.82, 2.24) is 0 Å². The number of hydrogen-bond acceptors (Lipinski definition) is 3. The molecule has 0 saturated carbocycles. The van der Waals surface area contributed by atoms with Crippen molar-refractivity contribution in [2.75, 3.05) is 19.8 Å². The van der Waals surface area contributed by atoms with Crippen LogP contribution in [0.25, 0.3) is 0 Å². The van der Waals surface area contributed by atoms with Gasteiger partial charge < -0.3 is 14.2 Å². The highest BCUT2D eigenvalue weighted by Gasteiger charge is 2.34. The number of halogens is 2. The monoisotopic (exact) mass is 454 g/mol. The fourth-order valence-electron chi connectivity index (χ4n) is 3.47. The molecular formula is C26H56F2O3. The Hall–Kier alpha value is -0.260. The number of alkyl halides is 2. The van der Waals surface area contributed by atoms with Gasteiger partial charge in [-0.1, -0.05) is 55.4 Å². The van der Waals surface area contributed by atoms with Crippen molar-refractivity contribution >= 4 is 0 Å². The molecule has 3 rings (SSSR count). The van der Waals surface area contributed by atoms with E-state index in [1.807, 2.05) is 48.5 Å². The molecule has 4 unspecified atom stereocenters. The third-order valence-electron chi connectivity index (χ3n) is 4.82. The van der Waals surface area contributed by atoms with Crippen LogP contribution in [0.1, 0.15) is 115 Å². The molecule has 0 N–H and O–H groups in total. The van der Waals surface area contributed by atoms with Gasteiger partial charge in [0.15, 0.2) is 0 Å². The molecule has 3 heterocycles. The van der Waals surface area contributed by atoms with Crippen molar-refractivity contribution in [1.29, 1.82) is 0 Å². The summed E-state index contributed by atoms with van der Waals surface area (Å²) in [4.78, 5) is 0. The Labute approximate surface area is 194 Å². The van der Waals surface area contributed by atoms with E-state index in [2.05, 4.69) is 27.7 Å². The molecule has 192 valence electrons. The lowest BCUT2D eigenvalue weighted by Gasteiger charge is -2.29. The Morgan fingerprint density at radius 1 is 0.710 bits per heavy atom. The van der Waals surface area contributed by atoms with Crippen molar-refractivity contribution in [3.05, 3.63) is 0 Å². The lowest BCUT2D eigenvalue weighted by Crippen LogP contribution is -2.33. The fraction of sp³-hybridized carbons (Fsp3) is 1.00. The van der Waals surface area contributed by atoms with Gasteiger partial charge in [-0.3, -0.25) is 0 Å².